The van der Waals surface area contributed by atoms with Gasteiger partial charge in [0.2, 0.25) is 0 Å². The summed E-state index contributed by atoms with van der Waals surface area (Å²) in [5.41, 5.74) is 3.22. The minimum Gasteiger partial charge on any atom is -0.461 e. The minimum absolute atomic E-state index is 0.172. The summed E-state index contributed by atoms with van der Waals surface area (Å²) >= 11 is 6.31. The van der Waals surface area contributed by atoms with Crippen molar-refractivity contribution in [3.63, 3.8) is 0 Å². The van der Waals surface area contributed by atoms with Crippen molar-refractivity contribution in [1.29, 1.82) is 5.26 Å². The fraction of sp³-hybridized carbons (Fsp3) is 0.154. The molecule has 0 aliphatic heterocycles. The third-order valence-corrected chi connectivity index (χ3v) is 5.40. The van der Waals surface area contributed by atoms with E-state index in [4.69, 9.17) is 16.3 Å². The molecule has 7 heteroatoms. The highest BCUT2D eigenvalue weighted by Crippen LogP contribution is 2.37. The maximum atomic E-state index is 13.8. The monoisotopic (exact) mass is 459 g/mol. The summed E-state index contributed by atoms with van der Waals surface area (Å²) < 4.78 is 4.90. The topological polar surface area (TPSA) is 91.5 Å². The summed E-state index contributed by atoms with van der Waals surface area (Å²) in [7, 11) is 0. The first-order valence-corrected chi connectivity index (χ1v) is 10.7. The summed E-state index contributed by atoms with van der Waals surface area (Å²) in [6.07, 6.45) is 0. The van der Waals surface area contributed by atoms with Gasteiger partial charge >= 0.3 is 5.97 Å². The van der Waals surface area contributed by atoms with Gasteiger partial charge in [-0.05, 0) is 49.2 Å². The molecule has 0 fully saturated rings. The zero-order valence-electron chi connectivity index (χ0n) is 18.2. The Hall–Kier alpha value is -3.95. The molecule has 3 aromatic rings. The molecule has 3 aromatic carbocycles. The summed E-state index contributed by atoms with van der Waals surface area (Å²) in [4.78, 5) is 25.5. The lowest BCUT2D eigenvalue weighted by Gasteiger charge is -2.27. The average molecular weight is 460 g/mol. The maximum absolute atomic E-state index is 13.8. The second-order valence-corrected chi connectivity index (χ2v) is 7.55. The van der Waals surface area contributed by atoms with Gasteiger partial charge in [0.1, 0.15) is 5.71 Å². The molecule has 0 saturated carbocycles. The van der Waals surface area contributed by atoms with E-state index in [0.717, 1.165) is 0 Å². The van der Waals surface area contributed by atoms with Crippen LogP contribution in [0.25, 0.3) is 0 Å². The molecule has 6 nitrogen and oxygen atoms in total. The van der Waals surface area contributed by atoms with Gasteiger partial charge in [0.25, 0.3) is 0 Å². The van der Waals surface area contributed by atoms with E-state index in [9.17, 15) is 14.9 Å². The number of carbonyl (C=O) groups excluding carboxylic acids is 2. The number of Topliss-reactive ketones (excluding diaryl/α,β-unsaturated/α-hetero) is 1. The van der Waals surface area contributed by atoms with E-state index < -0.39 is 17.2 Å². The van der Waals surface area contributed by atoms with Gasteiger partial charge in [-0.1, -0.05) is 66.2 Å². The zero-order chi connectivity index (χ0) is 23.8. The quantitative estimate of drug-likeness (QED) is 0.211. The predicted molar refractivity (Wildman–Crippen MR) is 128 cm³/mol. The molecule has 0 spiro atoms. The van der Waals surface area contributed by atoms with Crippen LogP contribution in [0.4, 0.5) is 5.69 Å². The van der Waals surface area contributed by atoms with E-state index >= 15 is 0 Å². The Morgan fingerprint density at radius 2 is 1.61 bits per heavy atom. The summed E-state index contributed by atoms with van der Waals surface area (Å²) in [5.74, 6) is -0.932. The largest absolute Gasteiger partial charge is 0.461 e. The first kappa shape index (κ1) is 23.7. The Labute approximate surface area is 197 Å². The van der Waals surface area contributed by atoms with E-state index in [0.29, 0.717) is 16.8 Å². The Morgan fingerprint density at radius 3 is 2.21 bits per heavy atom. The van der Waals surface area contributed by atoms with E-state index in [-0.39, 0.29) is 22.9 Å². The fourth-order valence-corrected chi connectivity index (χ4v) is 3.59. The number of hydrazone groups is 1. The number of nitrogens with zero attached hydrogens (tertiary/aromatic N) is 2. The van der Waals surface area contributed by atoms with E-state index in [1.807, 2.05) is 6.07 Å². The molecule has 0 aromatic heterocycles. The molecule has 0 heterocycles. The van der Waals surface area contributed by atoms with Crippen molar-refractivity contribution in [1.82, 2.24) is 0 Å². The number of ether oxygens (including phenoxy) is 1. The van der Waals surface area contributed by atoms with Gasteiger partial charge in [0, 0.05) is 5.56 Å². The summed E-state index contributed by atoms with van der Waals surface area (Å²) in [5, 5.41) is 14.7. The molecule has 1 atom stereocenters. The molecular formula is C26H22ClN3O3. The van der Waals surface area contributed by atoms with Gasteiger partial charge in [0.15, 0.2) is 11.2 Å². The second-order valence-electron chi connectivity index (χ2n) is 7.14. The molecule has 166 valence electrons. The third-order valence-electron chi connectivity index (χ3n) is 5.08. The van der Waals surface area contributed by atoms with Crippen LogP contribution in [-0.2, 0) is 14.9 Å². The SMILES string of the molecule is CCOC(=O)/C(C)=N/Nc1ccc(C(C#N)(C(=O)c2ccccc2Cl)c2ccccc2)cc1. The second kappa shape index (κ2) is 10.6. The predicted octanol–water partition coefficient (Wildman–Crippen LogP) is 5.38. The van der Waals surface area contributed by atoms with Crippen LogP contribution in [0.5, 0.6) is 0 Å². The lowest BCUT2D eigenvalue weighted by molar-refractivity contribution is -0.135. The van der Waals surface area contributed by atoms with Gasteiger partial charge in [-0.25, -0.2) is 4.79 Å². The highest BCUT2D eigenvalue weighted by Gasteiger charge is 2.43. The first-order chi connectivity index (χ1) is 15.9. The fourth-order valence-electron chi connectivity index (χ4n) is 3.37. The molecule has 1 N–H and O–H groups in total. The van der Waals surface area contributed by atoms with Crippen LogP contribution in [0, 0.1) is 11.3 Å². The van der Waals surface area contributed by atoms with Crippen LogP contribution in [0.3, 0.4) is 0 Å². The van der Waals surface area contributed by atoms with Crippen molar-refractivity contribution in [2.45, 2.75) is 19.3 Å². The standard InChI is InChI=1S/C26H22ClN3O3/c1-3-33-25(32)18(2)29-30-21-15-13-20(14-16-21)26(17-28,19-9-5-4-6-10-19)24(31)22-11-7-8-12-23(22)27/h4-16,30H,3H2,1-2H3/b29-18+. The van der Waals surface area contributed by atoms with Crippen LogP contribution >= 0.6 is 11.6 Å². The van der Waals surface area contributed by atoms with Gasteiger partial charge < -0.3 is 4.74 Å². The molecule has 0 bridgehead atoms. The zero-order valence-corrected chi connectivity index (χ0v) is 19.0. The number of hydrogen-bond donors (Lipinski definition) is 1. The number of hydrogen-bond acceptors (Lipinski definition) is 6. The van der Waals surface area contributed by atoms with Crippen molar-refractivity contribution in [3.05, 3.63) is 101 Å². The van der Waals surface area contributed by atoms with Crippen LogP contribution in [-0.4, -0.2) is 24.1 Å². The summed E-state index contributed by atoms with van der Waals surface area (Å²) in [6, 6.07) is 24.6. The first-order valence-electron chi connectivity index (χ1n) is 10.3. The number of anilines is 1. The van der Waals surface area contributed by atoms with Gasteiger partial charge in [-0.3, -0.25) is 10.2 Å². The van der Waals surface area contributed by atoms with Gasteiger partial charge in [0.05, 0.1) is 23.4 Å². The third kappa shape index (κ3) is 4.94. The highest BCUT2D eigenvalue weighted by atomic mass is 35.5. The Kier molecular flexibility index (Phi) is 7.60. The molecule has 3 rings (SSSR count). The number of rotatable bonds is 8. The van der Waals surface area contributed by atoms with Crippen LogP contribution in [0.1, 0.15) is 35.3 Å². The maximum Gasteiger partial charge on any atom is 0.354 e. The number of nitrogens with one attached hydrogen (secondary N) is 1. The number of halogens is 1. The molecular weight excluding hydrogens is 438 g/mol. The van der Waals surface area contributed by atoms with Gasteiger partial charge in [-0.15, -0.1) is 0 Å². The van der Waals surface area contributed by atoms with Crippen LogP contribution in [0.15, 0.2) is 84.0 Å². The van der Waals surface area contributed by atoms with Crippen molar-refractivity contribution in [2.75, 3.05) is 12.0 Å². The number of nitriles is 1. The number of esters is 1. The molecule has 0 saturated heterocycles. The van der Waals surface area contributed by atoms with Crippen molar-refractivity contribution < 1.29 is 14.3 Å². The van der Waals surface area contributed by atoms with Crippen LogP contribution in [0.2, 0.25) is 5.02 Å². The van der Waals surface area contributed by atoms with E-state index in [1.54, 1.807) is 79.7 Å². The average Bonchev–Trinajstić information content (AvgIpc) is 2.85. The number of benzene rings is 3. The molecule has 0 radical (unpaired) electrons. The normalized spacial score (nSPS) is 12.8. The van der Waals surface area contributed by atoms with Crippen molar-refractivity contribution in [3.8, 4) is 6.07 Å². The van der Waals surface area contributed by atoms with E-state index in [2.05, 4.69) is 16.6 Å². The summed E-state index contributed by atoms with van der Waals surface area (Å²) in [6.45, 7) is 3.52. The molecule has 33 heavy (non-hydrogen) atoms. The highest BCUT2D eigenvalue weighted by molar-refractivity contribution is 6.35. The Bertz CT molecular complexity index is 1220. The molecule has 0 amide bonds. The molecule has 1 unspecified atom stereocenters. The van der Waals surface area contributed by atoms with Gasteiger partial charge in [-0.2, -0.15) is 10.4 Å². The smallest absolute Gasteiger partial charge is 0.354 e. The molecule has 0 aliphatic carbocycles. The van der Waals surface area contributed by atoms with Crippen molar-refractivity contribution in [2.24, 2.45) is 5.10 Å². The number of ketones is 1. The number of carbonyl (C=O) groups is 2. The van der Waals surface area contributed by atoms with Crippen LogP contribution < -0.4 is 5.43 Å². The minimum atomic E-state index is -1.60. The van der Waals surface area contributed by atoms with E-state index in [1.165, 1.54) is 6.92 Å². The molecule has 0 aliphatic rings. The Morgan fingerprint density at radius 1 is 1.00 bits per heavy atom. The Balaban J connectivity index is 2.03. The van der Waals surface area contributed by atoms with Crippen molar-refractivity contribution >= 4 is 34.8 Å². The lowest BCUT2D eigenvalue weighted by atomic mass is 9.70. The lowest BCUT2D eigenvalue weighted by Crippen LogP contribution is -2.36.